The number of amides is 1. The fraction of sp³-hybridized carbons (Fsp3) is 0.222. The minimum atomic E-state index is -1.05. The Morgan fingerprint density at radius 2 is 1.92 bits per heavy atom. The molecule has 1 atom stereocenters. The fourth-order valence-electron chi connectivity index (χ4n) is 2.14. The summed E-state index contributed by atoms with van der Waals surface area (Å²) in [5.74, 6) is -2.79. The van der Waals surface area contributed by atoms with Crippen molar-refractivity contribution >= 4 is 11.9 Å². The van der Waals surface area contributed by atoms with Crippen LogP contribution in [0.5, 0.6) is 5.75 Å². The molecule has 0 aliphatic rings. The number of methoxy groups -OCH3 is 1. The highest BCUT2D eigenvalue weighted by Crippen LogP contribution is 2.18. The Hall–Kier alpha value is -2.96. The number of ether oxygens (including phenoxy) is 2. The molecule has 2 aromatic rings. The van der Waals surface area contributed by atoms with Gasteiger partial charge in [0, 0.05) is 6.07 Å². The molecule has 5 nitrogen and oxygen atoms in total. The second-order valence-corrected chi connectivity index (χ2v) is 5.27. The molecule has 0 aliphatic heterocycles. The van der Waals surface area contributed by atoms with E-state index in [9.17, 15) is 18.4 Å². The van der Waals surface area contributed by atoms with Crippen LogP contribution in [0.25, 0.3) is 0 Å². The van der Waals surface area contributed by atoms with E-state index in [4.69, 9.17) is 9.47 Å². The van der Waals surface area contributed by atoms with Gasteiger partial charge < -0.3 is 14.8 Å². The fourth-order valence-corrected chi connectivity index (χ4v) is 2.14. The number of carbonyl (C=O) groups is 2. The van der Waals surface area contributed by atoms with Crippen LogP contribution in [0.1, 0.15) is 28.9 Å². The van der Waals surface area contributed by atoms with Crippen LogP contribution in [0.15, 0.2) is 42.5 Å². The lowest BCUT2D eigenvalue weighted by atomic mass is 10.1. The Balaban J connectivity index is 1.90. The first-order valence-electron chi connectivity index (χ1n) is 7.46. The van der Waals surface area contributed by atoms with Crippen LogP contribution in [0.2, 0.25) is 0 Å². The lowest BCUT2D eigenvalue weighted by molar-refractivity contribution is -0.124. The summed E-state index contributed by atoms with van der Waals surface area (Å²) in [6, 6.07) is 9.27. The van der Waals surface area contributed by atoms with E-state index in [0.29, 0.717) is 11.8 Å². The van der Waals surface area contributed by atoms with Gasteiger partial charge in [-0.15, -0.1) is 0 Å². The third kappa shape index (κ3) is 5.00. The van der Waals surface area contributed by atoms with Gasteiger partial charge in [-0.05, 0) is 36.8 Å². The maximum atomic E-state index is 13.5. The first-order chi connectivity index (χ1) is 11.9. The van der Waals surface area contributed by atoms with Gasteiger partial charge in [0.25, 0.3) is 5.91 Å². The van der Waals surface area contributed by atoms with Gasteiger partial charge in [-0.25, -0.2) is 13.6 Å². The summed E-state index contributed by atoms with van der Waals surface area (Å²) >= 11 is 0. The van der Waals surface area contributed by atoms with Crippen LogP contribution < -0.4 is 10.1 Å². The molecule has 0 unspecified atom stereocenters. The maximum absolute atomic E-state index is 13.5. The van der Waals surface area contributed by atoms with Gasteiger partial charge in [0.1, 0.15) is 17.4 Å². The molecule has 1 amide bonds. The first kappa shape index (κ1) is 18.4. The van der Waals surface area contributed by atoms with Crippen LogP contribution in [0.4, 0.5) is 8.78 Å². The van der Waals surface area contributed by atoms with Gasteiger partial charge in [-0.2, -0.15) is 0 Å². The average Bonchev–Trinajstić information content (AvgIpc) is 2.59. The van der Waals surface area contributed by atoms with E-state index < -0.39 is 35.7 Å². The van der Waals surface area contributed by atoms with Gasteiger partial charge in [0.05, 0.1) is 18.7 Å². The topological polar surface area (TPSA) is 64.6 Å². The first-order valence-corrected chi connectivity index (χ1v) is 7.46. The maximum Gasteiger partial charge on any atom is 0.341 e. The van der Waals surface area contributed by atoms with Gasteiger partial charge in [0.2, 0.25) is 0 Å². The zero-order valence-electron chi connectivity index (χ0n) is 13.7. The molecule has 0 radical (unpaired) electrons. The molecule has 2 rings (SSSR count). The highest BCUT2D eigenvalue weighted by atomic mass is 19.1. The summed E-state index contributed by atoms with van der Waals surface area (Å²) < 4.78 is 36.2. The van der Waals surface area contributed by atoms with Crippen molar-refractivity contribution in [3.63, 3.8) is 0 Å². The minimum Gasteiger partial charge on any atom is -0.497 e. The molecule has 0 aliphatic carbocycles. The van der Waals surface area contributed by atoms with Gasteiger partial charge in [0.15, 0.2) is 6.61 Å². The Morgan fingerprint density at radius 3 is 2.60 bits per heavy atom. The zero-order valence-corrected chi connectivity index (χ0v) is 13.7. The molecule has 132 valence electrons. The van der Waals surface area contributed by atoms with Crippen molar-refractivity contribution in [1.82, 2.24) is 5.32 Å². The van der Waals surface area contributed by atoms with Crippen molar-refractivity contribution in [3.8, 4) is 5.75 Å². The second kappa shape index (κ2) is 8.23. The van der Waals surface area contributed by atoms with Crippen LogP contribution in [-0.2, 0) is 9.53 Å². The van der Waals surface area contributed by atoms with Crippen molar-refractivity contribution in [2.45, 2.75) is 13.0 Å². The third-order valence-corrected chi connectivity index (χ3v) is 3.46. The van der Waals surface area contributed by atoms with E-state index in [1.54, 1.807) is 25.1 Å². The Kier molecular flexibility index (Phi) is 6.05. The normalized spacial score (nSPS) is 11.5. The number of halogens is 2. The molecule has 0 spiro atoms. The molecule has 0 heterocycles. The molecule has 0 bridgehead atoms. The van der Waals surface area contributed by atoms with Crippen molar-refractivity contribution in [3.05, 3.63) is 65.2 Å². The lowest BCUT2D eigenvalue weighted by Crippen LogP contribution is -2.31. The Labute approximate surface area is 143 Å². The van der Waals surface area contributed by atoms with Crippen molar-refractivity contribution in [2.24, 2.45) is 0 Å². The van der Waals surface area contributed by atoms with Crippen molar-refractivity contribution in [2.75, 3.05) is 13.7 Å². The second-order valence-electron chi connectivity index (χ2n) is 5.27. The van der Waals surface area contributed by atoms with Crippen LogP contribution in [-0.4, -0.2) is 25.6 Å². The monoisotopic (exact) mass is 349 g/mol. The van der Waals surface area contributed by atoms with E-state index in [2.05, 4.69) is 5.32 Å². The number of nitrogens with one attached hydrogen (secondary N) is 1. The lowest BCUT2D eigenvalue weighted by Gasteiger charge is -2.15. The van der Waals surface area contributed by atoms with Crippen molar-refractivity contribution < 1.29 is 27.8 Å². The number of hydrogen-bond donors (Lipinski definition) is 1. The van der Waals surface area contributed by atoms with Crippen LogP contribution >= 0.6 is 0 Å². The Bertz CT molecular complexity index is 779. The quantitative estimate of drug-likeness (QED) is 0.815. The van der Waals surface area contributed by atoms with Gasteiger partial charge in [-0.3, -0.25) is 4.79 Å². The summed E-state index contributed by atoms with van der Waals surface area (Å²) in [6.45, 7) is 1.18. The van der Waals surface area contributed by atoms with Gasteiger partial charge in [-0.1, -0.05) is 12.1 Å². The highest BCUT2D eigenvalue weighted by Gasteiger charge is 2.16. The smallest absolute Gasteiger partial charge is 0.341 e. The highest BCUT2D eigenvalue weighted by molar-refractivity contribution is 5.91. The number of carbonyl (C=O) groups excluding carboxylic acids is 2. The predicted molar refractivity (Wildman–Crippen MR) is 86.2 cm³/mol. The third-order valence-electron chi connectivity index (χ3n) is 3.46. The summed E-state index contributed by atoms with van der Waals surface area (Å²) in [5.41, 5.74) is 0.374. The van der Waals surface area contributed by atoms with E-state index in [1.165, 1.54) is 7.11 Å². The van der Waals surface area contributed by atoms with Crippen LogP contribution in [0, 0.1) is 11.6 Å². The van der Waals surface area contributed by atoms with Gasteiger partial charge >= 0.3 is 5.97 Å². The summed E-state index contributed by atoms with van der Waals surface area (Å²) in [4.78, 5) is 23.6. The molecular formula is C18H17F2NO4. The summed E-state index contributed by atoms with van der Waals surface area (Å²) in [7, 11) is 1.54. The van der Waals surface area contributed by atoms with E-state index in [1.807, 2.05) is 6.07 Å². The average molecular weight is 349 g/mol. The molecule has 1 N–H and O–H groups in total. The van der Waals surface area contributed by atoms with E-state index >= 15 is 0 Å². The molecule has 0 aromatic heterocycles. The van der Waals surface area contributed by atoms with Crippen LogP contribution in [0.3, 0.4) is 0 Å². The number of rotatable bonds is 6. The molecule has 2 aromatic carbocycles. The predicted octanol–water partition coefficient (Wildman–Crippen LogP) is 3.01. The van der Waals surface area contributed by atoms with E-state index in [0.717, 1.165) is 17.7 Å². The summed E-state index contributed by atoms with van der Waals surface area (Å²) in [5, 5.41) is 2.65. The minimum absolute atomic E-state index is 0.344. The zero-order chi connectivity index (χ0) is 18.4. The number of esters is 1. The number of hydrogen-bond acceptors (Lipinski definition) is 4. The standard InChI is InChI=1S/C18H17F2NO4/c1-11(12-4-3-5-14(8-12)24-2)21-17(22)10-25-18(23)15-7-6-13(19)9-16(15)20/h3-9,11H,10H2,1-2H3,(H,21,22)/t11-/m1/s1. The van der Waals surface area contributed by atoms with Crippen molar-refractivity contribution in [1.29, 1.82) is 0 Å². The van der Waals surface area contributed by atoms with E-state index in [-0.39, 0.29) is 6.04 Å². The molecular weight excluding hydrogens is 332 g/mol. The largest absolute Gasteiger partial charge is 0.497 e. The number of benzene rings is 2. The molecule has 25 heavy (non-hydrogen) atoms. The molecule has 0 saturated carbocycles. The molecule has 7 heteroatoms. The Morgan fingerprint density at radius 1 is 1.16 bits per heavy atom. The SMILES string of the molecule is COc1cccc([C@@H](C)NC(=O)COC(=O)c2ccc(F)cc2F)c1. The summed E-state index contributed by atoms with van der Waals surface area (Å²) in [6.07, 6.45) is 0. The molecule has 0 saturated heterocycles. The molecule has 0 fully saturated rings.